The van der Waals surface area contributed by atoms with Gasteiger partial charge in [0.05, 0.1) is 24.5 Å². The van der Waals surface area contributed by atoms with Gasteiger partial charge in [-0.1, -0.05) is 32.0 Å². The molecule has 7 nitrogen and oxygen atoms in total. The summed E-state index contributed by atoms with van der Waals surface area (Å²) >= 11 is 0. The first-order chi connectivity index (χ1) is 13.3. The Morgan fingerprint density at radius 1 is 1.21 bits per heavy atom. The third-order valence-electron chi connectivity index (χ3n) is 4.22. The SMILES string of the molecule is Cc1cc(C)n(-c2ccccc2CN=C(NCC(=O)N(C)C)NCC(C)C)n1.I. The molecule has 2 rings (SSSR count). The molecule has 1 amide bonds. The minimum absolute atomic E-state index is 0. The number of benzene rings is 1. The topological polar surface area (TPSA) is 74.6 Å². The number of hydrogen-bond acceptors (Lipinski definition) is 3. The number of likely N-dealkylation sites (N-methyl/N-ethyl adjacent to an activating group) is 1. The molecule has 0 radical (unpaired) electrons. The van der Waals surface area contributed by atoms with E-state index < -0.39 is 0 Å². The van der Waals surface area contributed by atoms with Crippen molar-refractivity contribution in [3.05, 3.63) is 47.3 Å². The summed E-state index contributed by atoms with van der Waals surface area (Å²) in [5, 5.41) is 11.0. The van der Waals surface area contributed by atoms with Gasteiger partial charge in [-0.3, -0.25) is 4.79 Å². The Balaban J connectivity index is 0.00000420. The van der Waals surface area contributed by atoms with Crippen molar-refractivity contribution in [2.24, 2.45) is 10.9 Å². The number of rotatable bonds is 7. The van der Waals surface area contributed by atoms with Gasteiger partial charge in [-0.25, -0.2) is 9.67 Å². The summed E-state index contributed by atoms with van der Waals surface area (Å²) in [6.07, 6.45) is 0. The number of para-hydroxylation sites is 1. The van der Waals surface area contributed by atoms with Crippen LogP contribution < -0.4 is 10.6 Å². The normalized spacial score (nSPS) is 11.2. The molecule has 2 aromatic rings. The van der Waals surface area contributed by atoms with E-state index in [4.69, 9.17) is 4.99 Å². The Morgan fingerprint density at radius 2 is 1.90 bits per heavy atom. The molecule has 160 valence electrons. The second kappa shape index (κ2) is 11.8. The predicted molar refractivity (Wildman–Crippen MR) is 129 cm³/mol. The Hall–Kier alpha value is -2.10. The number of guanidine groups is 1. The minimum Gasteiger partial charge on any atom is -0.356 e. The highest BCUT2D eigenvalue weighted by atomic mass is 127. The van der Waals surface area contributed by atoms with Gasteiger partial charge < -0.3 is 15.5 Å². The number of aliphatic imine (C=N–C) groups is 1. The van der Waals surface area contributed by atoms with Crippen LogP contribution in [0.2, 0.25) is 0 Å². The number of halogens is 1. The Labute approximate surface area is 191 Å². The molecule has 0 saturated carbocycles. The van der Waals surface area contributed by atoms with E-state index in [1.165, 1.54) is 0 Å². The summed E-state index contributed by atoms with van der Waals surface area (Å²) < 4.78 is 1.95. The van der Waals surface area contributed by atoms with Crippen molar-refractivity contribution < 1.29 is 4.79 Å². The Kier molecular flexibility index (Phi) is 10.1. The van der Waals surface area contributed by atoms with E-state index in [9.17, 15) is 4.79 Å². The molecule has 0 aliphatic heterocycles. The van der Waals surface area contributed by atoms with Crippen LogP contribution in [0.15, 0.2) is 35.3 Å². The lowest BCUT2D eigenvalue weighted by Crippen LogP contribution is -2.44. The molecule has 1 heterocycles. The lowest BCUT2D eigenvalue weighted by Gasteiger charge is -2.16. The van der Waals surface area contributed by atoms with Gasteiger partial charge in [0.25, 0.3) is 0 Å². The number of hydrogen-bond donors (Lipinski definition) is 2. The van der Waals surface area contributed by atoms with Crippen LogP contribution in [-0.4, -0.2) is 53.7 Å². The number of nitrogens with one attached hydrogen (secondary N) is 2. The van der Waals surface area contributed by atoms with Crippen LogP contribution >= 0.6 is 24.0 Å². The van der Waals surface area contributed by atoms with Crippen molar-refractivity contribution in [2.45, 2.75) is 34.2 Å². The van der Waals surface area contributed by atoms with Gasteiger partial charge in [-0.15, -0.1) is 24.0 Å². The fraction of sp³-hybridized carbons (Fsp3) is 0.476. The monoisotopic (exact) mass is 512 g/mol. The summed E-state index contributed by atoms with van der Waals surface area (Å²) in [5.41, 5.74) is 4.16. The van der Waals surface area contributed by atoms with Crippen molar-refractivity contribution in [1.82, 2.24) is 25.3 Å². The Morgan fingerprint density at radius 3 is 2.48 bits per heavy atom. The van der Waals surface area contributed by atoms with Crippen LogP contribution in [0.4, 0.5) is 0 Å². The summed E-state index contributed by atoms with van der Waals surface area (Å²) in [6, 6.07) is 10.2. The van der Waals surface area contributed by atoms with Gasteiger partial charge in [0.15, 0.2) is 5.96 Å². The quantitative estimate of drug-likeness (QED) is 0.340. The van der Waals surface area contributed by atoms with Gasteiger partial charge in [0.2, 0.25) is 5.91 Å². The molecule has 1 aromatic heterocycles. The first-order valence-electron chi connectivity index (χ1n) is 9.61. The average Bonchev–Trinajstić information content (AvgIpc) is 2.98. The van der Waals surface area contributed by atoms with E-state index in [0.717, 1.165) is 29.2 Å². The van der Waals surface area contributed by atoms with Crippen LogP contribution in [0, 0.1) is 19.8 Å². The molecule has 8 heteroatoms. The predicted octanol–water partition coefficient (Wildman–Crippen LogP) is 2.89. The smallest absolute Gasteiger partial charge is 0.241 e. The third-order valence-corrected chi connectivity index (χ3v) is 4.22. The van der Waals surface area contributed by atoms with Crippen LogP contribution in [0.3, 0.4) is 0 Å². The zero-order chi connectivity index (χ0) is 20.7. The van der Waals surface area contributed by atoms with Crippen molar-refractivity contribution in [3.63, 3.8) is 0 Å². The van der Waals surface area contributed by atoms with E-state index in [1.54, 1.807) is 19.0 Å². The molecule has 0 aliphatic carbocycles. The standard InChI is InChI=1S/C21H32N6O.HI/c1-15(2)12-22-21(24-14-20(28)26(5)6)23-13-18-9-7-8-10-19(18)27-17(4)11-16(3)25-27;/h7-11,15H,12-14H2,1-6H3,(H2,22,23,24);1H. The molecule has 0 atom stereocenters. The van der Waals surface area contributed by atoms with Gasteiger partial charge in [-0.05, 0) is 37.5 Å². The highest BCUT2D eigenvalue weighted by Gasteiger charge is 2.10. The molecular weight excluding hydrogens is 479 g/mol. The Bertz CT molecular complexity index is 828. The molecular formula is C21H33IN6O. The number of carbonyl (C=O) groups is 1. The zero-order valence-corrected chi connectivity index (χ0v) is 20.5. The summed E-state index contributed by atoms with van der Waals surface area (Å²) in [5.74, 6) is 1.10. The van der Waals surface area contributed by atoms with Gasteiger partial charge >= 0.3 is 0 Å². The highest BCUT2D eigenvalue weighted by molar-refractivity contribution is 14.0. The molecule has 0 saturated heterocycles. The van der Waals surface area contributed by atoms with E-state index in [1.807, 2.05) is 30.7 Å². The average molecular weight is 512 g/mol. The molecule has 0 bridgehead atoms. The molecule has 1 aromatic carbocycles. The maximum atomic E-state index is 11.9. The second-order valence-electron chi connectivity index (χ2n) is 7.55. The first kappa shape index (κ1) is 24.9. The molecule has 0 spiro atoms. The molecule has 0 fully saturated rings. The van der Waals surface area contributed by atoms with Crippen LogP contribution in [0.25, 0.3) is 5.69 Å². The van der Waals surface area contributed by atoms with Crippen molar-refractivity contribution in [1.29, 1.82) is 0 Å². The fourth-order valence-corrected chi connectivity index (χ4v) is 2.68. The number of nitrogens with zero attached hydrogens (tertiary/aromatic N) is 4. The molecule has 0 unspecified atom stereocenters. The van der Waals surface area contributed by atoms with Crippen molar-refractivity contribution in [2.75, 3.05) is 27.2 Å². The van der Waals surface area contributed by atoms with E-state index >= 15 is 0 Å². The van der Waals surface area contributed by atoms with Gasteiger partial charge in [0.1, 0.15) is 0 Å². The van der Waals surface area contributed by atoms with Gasteiger partial charge in [0, 0.05) is 26.3 Å². The van der Waals surface area contributed by atoms with Crippen molar-refractivity contribution >= 4 is 35.8 Å². The van der Waals surface area contributed by atoms with Crippen molar-refractivity contribution in [3.8, 4) is 5.69 Å². The lowest BCUT2D eigenvalue weighted by atomic mass is 10.2. The lowest BCUT2D eigenvalue weighted by molar-refractivity contribution is -0.127. The molecule has 0 aliphatic rings. The molecule has 2 N–H and O–H groups in total. The largest absolute Gasteiger partial charge is 0.356 e. The van der Waals surface area contributed by atoms with Crippen LogP contribution in [0.5, 0.6) is 0 Å². The number of amides is 1. The second-order valence-corrected chi connectivity index (χ2v) is 7.55. The number of aryl methyl sites for hydroxylation is 2. The molecule has 29 heavy (non-hydrogen) atoms. The first-order valence-corrected chi connectivity index (χ1v) is 9.61. The maximum Gasteiger partial charge on any atom is 0.241 e. The third kappa shape index (κ3) is 7.68. The zero-order valence-electron chi connectivity index (χ0n) is 18.2. The summed E-state index contributed by atoms with van der Waals surface area (Å²) in [6.45, 7) is 9.77. The van der Waals surface area contributed by atoms with E-state index in [2.05, 4.69) is 47.8 Å². The summed E-state index contributed by atoms with van der Waals surface area (Å²) in [4.78, 5) is 18.2. The van der Waals surface area contributed by atoms with Gasteiger partial charge in [-0.2, -0.15) is 5.10 Å². The van der Waals surface area contributed by atoms with Crippen LogP contribution in [-0.2, 0) is 11.3 Å². The minimum atomic E-state index is 0. The van der Waals surface area contributed by atoms with Crippen LogP contribution in [0.1, 0.15) is 30.8 Å². The van der Waals surface area contributed by atoms with E-state index in [-0.39, 0.29) is 36.4 Å². The number of aromatic nitrogens is 2. The summed E-state index contributed by atoms with van der Waals surface area (Å²) in [7, 11) is 3.49. The fourth-order valence-electron chi connectivity index (χ4n) is 2.68. The van der Waals surface area contributed by atoms with E-state index in [0.29, 0.717) is 18.4 Å². The maximum absolute atomic E-state index is 11.9. The number of carbonyl (C=O) groups excluding carboxylic acids is 1. The highest BCUT2D eigenvalue weighted by Crippen LogP contribution is 2.17.